The number of rotatable bonds is 1. The summed E-state index contributed by atoms with van der Waals surface area (Å²) in [6, 6.07) is 0. The summed E-state index contributed by atoms with van der Waals surface area (Å²) in [4.78, 5) is 0. The zero-order valence-corrected chi connectivity index (χ0v) is 7.10. The van der Waals surface area contributed by atoms with E-state index in [9.17, 15) is 0 Å². The molecule has 54 valence electrons. The van der Waals surface area contributed by atoms with Gasteiger partial charge in [0.2, 0.25) is 0 Å². The van der Waals surface area contributed by atoms with E-state index in [1.54, 1.807) is 6.26 Å². The molecule has 1 heterocycles. The fourth-order valence-electron chi connectivity index (χ4n) is 1.21. The van der Waals surface area contributed by atoms with Crippen molar-refractivity contribution < 1.29 is 4.52 Å². The monoisotopic (exact) mass is 201 g/mol. The minimum atomic E-state index is 0.709. The van der Waals surface area contributed by atoms with Crippen LogP contribution in [0.3, 0.4) is 0 Å². The lowest BCUT2D eigenvalue weighted by Gasteiger charge is -2.23. The lowest BCUT2D eigenvalue weighted by atomic mass is 9.81. The molecule has 1 saturated carbocycles. The second kappa shape index (κ2) is 2.38. The van der Waals surface area contributed by atoms with Crippen LogP contribution in [-0.2, 0) is 0 Å². The van der Waals surface area contributed by atoms with Gasteiger partial charge in [-0.1, -0.05) is 11.6 Å². The maximum atomic E-state index is 4.81. The summed E-state index contributed by atoms with van der Waals surface area (Å²) < 4.78 is 5.69. The van der Waals surface area contributed by atoms with Crippen LogP contribution in [0.4, 0.5) is 0 Å². The third-order valence-electron chi connectivity index (χ3n) is 2.10. The minimum Gasteiger partial charge on any atom is -0.363 e. The molecule has 1 fully saturated rings. The Labute approximate surface area is 67.7 Å². The van der Waals surface area contributed by atoms with Gasteiger partial charge in [-0.3, -0.25) is 0 Å². The lowest BCUT2D eigenvalue weighted by molar-refractivity contribution is 0.400. The largest absolute Gasteiger partial charge is 0.363 e. The molecular weight excluding hydrogens is 194 g/mol. The quantitative estimate of drug-likeness (QED) is 0.699. The van der Waals surface area contributed by atoms with Gasteiger partial charge < -0.3 is 4.52 Å². The van der Waals surface area contributed by atoms with E-state index in [2.05, 4.69) is 21.1 Å². The van der Waals surface area contributed by atoms with Crippen molar-refractivity contribution in [1.82, 2.24) is 5.16 Å². The van der Waals surface area contributed by atoms with Gasteiger partial charge in [0.1, 0.15) is 6.26 Å². The van der Waals surface area contributed by atoms with Gasteiger partial charge in [0.25, 0.3) is 0 Å². The van der Waals surface area contributed by atoms with Crippen molar-refractivity contribution >= 4 is 15.9 Å². The molecule has 0 unspecified atom stereocenters. The van der Waals surface area contributed by atoms with Crippen molar-refractivity contribution in [1.29, 1.82) is 0 Å². The molecule has 1 aromatic rings. The van der Waals surface area contributed by atoms with E-state index in [1.807, 2.05) is 0 Å². The van der Waals surface area contributed by atoms with Crippen LogP contribution in [0.1, 0.15) is 30.7 Å². The average Bonchev–Trinajstić information content (AvgIpc) is 2.12. The predicted molar refractivity (Wildman–Crippen MR) is 40.8 cm³/mol. The van der Waals surface area contributed by atoms with E-state index in [0.717, 1.165) is 4.60 Å². The minimum absolute atomic E-state index is 0.709. The molecule has 10 heavy (non-hydrogen) atoms. The highest BCUT2D eigenvalue weighted by Crippen LogP contribution is 2.39. The average molecular weight is 202 g/mol. The Bertz CT molecular complexity index is 229. The van der Waals surface area contributed by atoms with Crippen LogP contribution in [0.2, 0.25) is 0 Å². The summed E-state index contributed by atoms with van der Waals surface area (Å²) in [6.45, 7) is 0. The SMILES string of the molecule is Brc1nocc1C1CCC1. The smallest absolute Gasteiger partial charge is 0.152 e. The van der Waals surface area contributed by atoms with Gasteiger partial charge in [-0.2, -0.15) is 0 Å². The summed E-state index contributed by atoms with van der Waals surface area (Å²) in [5.41, 5.74) is 1.24. The van der Waals surface area contributed by atoms with Crippen molar-refractivity contribution in [2.24, 2.45) is 0 Å². The summed E-state index contributed by atoms with van der Waals surface area (Å²) in [5, 5.41) is 3.76. The molecule has 3 heteroatoms. The fourth-order valence-corrected chi connectivity index (χ4v) is 1.72. The van der Waals surface area contributed by atoms with Gasteiger partial charge in [0.15, 0.2) is 4.60 Å². The van der Waals surface area contributed by atoms with E-state index < -0.39 is 0 Å². The van der Waals surface area contributed by atoms with Crippen molar-refractivity contribution in [3.05, 3.63) is 16.4 Å². The Kier molecular flexibility index (Phi) is 1.52. The van der Waals surface area contributed by atoms with Crippen molar-refractivity contribution in [2.45, 2.75) is 25.2 Å². The third-order valence-corrected chi connectivity index (χ3v) is 2.70. The number of hydrogen-bond acceptors (Lipinski definition) is 2. The van der Waals surface area contributed by atoms with Crippen LogP contribution in [-0.4, -0.2) is 5.16 Å². The first kappa shape index (κ1) is 6.40. The van der Waals surface area contributed by atoms with Crippen LogP contribution < -0.4 is 0 Å². The fraction of sp³-hybridized carbons (Fsp3) is 0.571. The van der Waals surface area contributed by atoms with Gasteiger partial charge in [0.05, 0.1) is 0 Å². The summed E-state index contributed by atoms with van der Waals surface area (Å²) in [7, 11) is 0. The maximum Gasteiger partial charge on any atom is 0.152 e. The highest BCUT2D eigenvalue weighted by molar-refractivity contribution is 9.10. The van der Waals surface area contributed by atoms with Crippen LogP contribution in [0.5, 0.6) is 0 Å². The molecule has 0 aliphatic heterocycles. The second-order valence-electron chi connectivity index (χ2n) is 2.69. The zero-order chi connectivity index (χ0) is 6.97. The van der Waals surface area contributed by atoms with E-state index in [1.165, 1.54) is 24.8 Å². The van der Waals surface area contributed by atoms with Crippen molar-refractivity contribution in [2.75, 3.05) is 0 Å². The molecule has 1 aliphatic carbocycles. The molecule has 0 atom stereocenters. The van der Waals surface area contributed by atoms with Gasteiger partial charge >= 0.3 is 0 Å². The highest BCUT2D eigenvalue weighted by atomic mass is 79.9. The Morgan fingerprint density at radius 1 is 1.60 bits per heavy atom. The van der Waals surface area contributed by atoms with Gasteiger partial charge in [0, 0.05) is 5.56 Å². The summed E-state index contributed by atoms with van der Waals surface area (Å²) in [6.07, 6.45) is 5.68. The Balaban J connectivity index is 2.23. The summed E-state index contributed by atoms with van der Waals surface area (Å²) in [5.74, 6) is 0.709. The second-order valence-corrected chi connectivity index (χ2v) is 3.44. The predicted octanol–water partition coefficient (Wildman–Crippen LogP) is 2.70. The van der Waals surface area contributed by atoms with Crippen LogP contribution >= 0.6 is 15.9 Å². The highest BCUT2D eigenvalue weighted by Gasteiger charge is 2.23. The molecule has 0 radical (unpaired) electrons. The van der Waals surface area contributed by atoms with E-state index in [0.29, 0.717) is 5.92 Å². The molecule has 0 saturated heterocycles. The van der Waals surface area contributed by atoms with Crippen LogP contribution in [0.15, 0.2) is 15.4 Å². The molecule has 1 aliphatic rings. The topological polar surface area (TPSA) is 26.0 Å². The number of halogens is 1. The van der Waals surface area contributed by atoms with Gasteiger partial charge in [-0.05, 0) is 34.7 Å². The Morgan fingerprint density at radius 2 is 2.40 bits per heavy atom. The number of nitrogens with zero attached hydrogens (tertiary/aromatic N) is 1. The molecular formula is C7H8BrNO. The summed E-state index contributed by atoms with van der Waals surface area (Å²) >= 11 is 3.34. The first-order valence-corrected chi connectivity index (χ1v) is 4.27. The molecule has 0 spiro atoms. The Morgan fingerprint density at radius 3 is 2.80 bits per heavy atom. The van der Waals surface area contributed by atoms with Gasteiger partial charge in [-0.15, -0.1) is 0 Å². The van der Waals surface area contributed by atoms with Crippen LogP contribution in [0, 0.1) is 0 Å². The lowest BCUT2D eigenvalue weighted by Crippen LogP contribution is -2.07. The van der Waals surface area contributed by atoms with Crippen molar-refractivity contribution in [3.8, 4) is 0 Å². The van der Waals surface area contributed by atoms with Crippen LogP contribution in [0.25, 0.3) is 0 Å². The molecule has 2 nitrogen and oxygen atoms in total. The maximum absolute atomic E-state index is 4.81. The zero-order valence-electron chi connectivity index (χ0n) is 5.51. The van der Waals surface area contributed by atoms with Crippen molar-refractivity contribution in [3.63, 3.8) is 0 Å². The molecule has 0 N–H and O–H groups in total. The van der Waals surface area contributed by atoms with E-state index in [4.69, 9.17) is 4.52 Å². The molecule has 0 aromatic carbocycles. The van der Waals surface area contributed by atoms with E-state index >= 15 is 0 Å². The third kappa shape index (κ3) is 0.888. The normalized spacial score (nSPS) is 18.9. The van der Waals surface area contributed by atoms with E-state index in [-0.39, 0.29) is 0 Å². The molecule has 0 bridgehead atoms. The molecule has 0 amide bonds. The molecule has 1 aromatic heterocycles. The first-order valence-electron chi connectivity index (χ1n) is 3.47. The molecule has 2 rings (SSSR count). The first-order chi connectivity index (χ1) is 4.88. The van der Waals surface area contributed by atoms with Gasteiger partial charge in [-0.25, -0.2) is 0 Å². The number of hydrogen-bond donors (Lipinski definition) is 0. The number of aromatic nitrogens is 1. The standard InChI is InChI=1S/C7H8BrNO/c8-7-6(4-10-9-7)5-2-1-3-5/h4-5H,1-3H2. The Hall–Kier alpha value is -0.310.